The van der Waals surface area contributed by atoms with Crippen LogP contribution in [0.25, 0.3) is 0 Å². The van der Waals surface area contributed by atoms with Crippen molar-refractivity contribution in [1.82, 2.24) is 4.90 Å². The fourth-order valence-corrected chi connectivity index (χ4v) is 2.32. The van der Waals surface area contributed by atoms with Crippen molar-refractivity contribution in [2.45, 2.75) is 32.9 Å². The Balaban J connectivity index is 2.84. The van der Waals surface area contributed by atoms with Crippen molar-refractivity contribution in [2.75, 3.05) is 20.3 Å². The van der Waals surface area contributed by atoms with Crippen LogP contribution in [0.3, 0.4) is 0 Å². The number of carbonyl (C=O) groups is 1. The molecule has 0 N–H and O–H groups in total. The number of halogens is 1. The van der Waals surface area contributed by atoms with E-state index in [0.717, 1.165) is 6.54 Å². The van der Waals surface area contributed by atoms with Gasteiger partial charge in [-0.3, -0.25) is 9.69 Å². The summed E-state index contributed by atoms with van der Waals surface area (Å²) < 4.78 is 5.10. The van der Waals surface area contributed by atoms with E-state index in [0.29, 0.717) is 17.2 Å². The lowest BCUT2D eigenvalue weighted by molar-refractivity contribution is 0.0698. The molecule has 0 bridgehead atoms. The molecule has 0 amide bonds. The Kier molecular flexibility index (Phi) is 6.49. The number of hydrogen-bond acceptors (Lipinski definition) is 3. The van der Waals surface area contributed by atoms with E-state index < -0.39 is 0 Å². The molecule has 1 aromatic carbocycles. The summed E-state index contributed by atoms with van der Waals surface area (Å²) in [6.07, 6.45) is 0. The first-order valence-corrected chi connectivity index (χ1v) is 6.89. The van der Waals surface area contributed by atoms with Gasteiger partial charge in [-0.05, 0) is 32.9 Å². The molecule has 0 aliphatic carbocycles. The van der Waals surface area contributed by atoms with E-state index in [-0.39, 0.29) is 17.9 Å². The van der Waals surface area contributed by atoms with Crippen LogP contribution in [0.15, 0.2) is 24.3 Å². The first-order chi connectivity index (χ1) is 8.97. The van der Waals surface area contributed by atoms with Crippen molar-refractivity contribution in [2.24, 2.45) is 0 Å². The molecule has 0 saturated heterocycles. The second-order valence-electron chi connectivity index (χ2n) is 4.87. The van der Waals surface area contributed by atoms with Crippen LogP contribution in [-0.2, 0) is 4.74 Å². The van der Waals surface area contributed by atoms with Gasteiger partial charge in [0.15, 0.2) is 5.78 Å². The van der Waals surface area contributed by atoms with Crippen LogP contribution in [-0.4, -0.2) is 43.0 Å². The Labute approximate surface area is 120 Å². The number of ketones is 1. The van der Waals surface area contributed by atoms with E-state index in [1.807, 2.05) is 6.92 Å². The Morgan fingerprint density at radius 2 is 2.05 bits per heavy atom. The summed E-state index contributed by atoms with van der Waals surface area (Å²) in [5.41, 5.74) is 0.656. The summed E-state index contributed by atoms with van der Waals surface area (Å²) >= 11 is 5.93. The zero-order chi connectivity index (χ0) is 14.4. The summed E-state index contributed by atoms with van der Waals surface area (Å²) in [5, 5.41) is 0.589. The number of benzene rings is 1. The first-order valence-electron chi connectivity index (χ1n) is 6.51. The lowest BCUT2D eigenvalue weighted by Crippen LogP contribution is -2.45. The van der Waals surface area contributed by atoms with Crippen LogP contribution < -0.4 is 0 Å². The summed E-state index contributed by atoms with van der Waals surface area (Å²) in [4.78, 5) is 14.6. The summed E-state index contributed by atoms with van der Waals surface area (Å²) in [7, 11) is 1.67. The van der Waals surface area contributed by atoms with Gasteiger partial charge in [-0.15, -0.1) is 0 Å². The number of rotatable bonds is 7. The Bertz CT molecular complexity index is 420. The molecule has 106 valence electrons. The van der Waals surface area contributed by atoms with Crippen molar-refractivity contribution in [1.29, 1.82) is 0 Å². The summed E-state index contributed by atoms with van der Waals surface area (Å²) in [6, 6.07) is 7.20. The number of carbonyl (C=O) groups excluding carboxylic acids is 1. The second kappa shape index (κ2) is 7.63. The number of methoxy groups -OCH3 is 1. The van der Waals surface area contributed by atoms with Gasteiger partial charge in [-0.1, -0.05) is 23.7 Å². The van der Waals surface area contributed by atoms with Crippen LogP contribution in [0.5, 0.6) is 0 Å². The standard InChI is InChI=1S/C15H22ClNO2/c1-11(2)17(8-9-19-4)12(3)15(18)13-6-5-7-14(16)10-13/h5-7,10-12H,8-9H2,1-4H3. The van der Waals surface area contributed by atoms with Crippen LogP contribution in [0.1, 0.15) is 31.1 Å². The van der Waals surface area contributed by atoms with Crippen molar-refractivity contribution in [3.8, 4) is 0 Å². The number of hydrogen-bond donors (Lipinski definition) is 0. The van der Waals surface area contributed by atoms with E-state index in [1.54, 1.807) is 31.4 Å². The smallest absolute Gasteiger partial charge is 0.179 e. The molecule has 1 unspecified atom stereocenters. The van der Waals surface area contributed by atoms with Crippen molar-refractivity contribution in [3.63, 3.8) is 0 Å². The fraction of sp³-hybridized carbons (Fsp3) is 0.533. The molecule has 0 aromatic heterocycles. The Morgan fingerprint density at radius 3 is 2.58 bits per heavy atom. The van der Waals surface area contributed by atoms with E-state index in [2.05, 4.69) is 18.7 Å². The average Bonchev–Trinajstić information content (AvgIpc) is 2.37. The molecule has 3 nitrogen and oxygen atoms in total. The van der Waals surface area contributed by atoms with Crippen LogP contribution in [0.4, 0.5) is 0 Å². The Hall–Kier alpha value is -0.900. The minimum absolute atomic E-state index is 0.0901. The van der Waals surface area contributed by atoms with Crippen LogP contribution >= 0.6 is 11.6 Å². The summed E-state index contributed by atoms with van der Waals surface area (Å²) in [6.45, 7) is 7.45. The van der Waals surface area contributed by atoms with E-state index in [9.17, 15) is 4.79 Å². The molecule has 0 spiro atoms. The SMILES string of the molecule is COCCN(C(C)C)C(C)C(=O)c1cccc(Cl)c1. The largest absolute Gasteiger partial charge is 0.383 e. The minimum atomic E-state index is -0.186. The third kappa shape index (κ3) is 4.60. The van der Waals surface area contributed by atoms with Gasteiger partial charge in [0.2, 0.25) is 0 Å². The number of Topliss-reactive ketones (excluding diaryl/α,β-unsaturated/α-hetero) is 1. The van der Waals surface area contributed by atoms with Gasteiger partial charge in [-0.25, -0.2) is 0 Å². The van der Waals surface area contributed by atoms with E-state index in [4.69, 9.17) is 16.3 Å². The highest BCUT2D eigenvalue weighted by atomic mass is 35.5. The molecular weight excluding hydrogens is 262 g/mol. The quantitative estimate of drug-likeness (QED) is 0.719. The van der Waals surface area contributed by atoms with Gasteiger partial charge in [0.25, 0.3) is 0 Å². The molecule has 0 fully saturated rings. The van der Waals surface area contributed by atoms with Gasteiger partial charge in [0.1, 0.15) is 0 Å². The highest BCUT2D eigenvalue weighted by Crippen LogP contribution is 2.16. The normalized spacial score (nSPS) is 13.0. The van der Waals surface area contributed by atoms with Crippen molar-refractivity contribution in [3.05, 3.63) is 34.9 Å². The predicted octanol–water partition coefficient (Wildman–Crippen LogP) is 3.27. The predicted molar refractivity (Wildman–Crippen MR) is 79.0 cm³/mol. The molecule has 1 atom stereocenters. The average molecular weight is 284 g/mol. The molecule has 0 saturated carbocycles. The highest BCUT2D eigenvalue weighted by Gasteiger charge is 2.24. The first kappa shape index (κ1) is 16.2. The Morgan fingerprint density at radius 1 is 1.37 bits per heavy atom. The lowest BCUT2D eigenvalue weighted by Gasteiger charge is -2.31. The highest BCUT2D eigenvalue weighted by molar-refractivity contribution is 6.31. The van der Waals surface area contributed by atoms with Gasteiger partial charge >= 0.3 is 0 Å². The second-order valence-corrected chi connectivity index (χ2v) is 5.31. The lowest BCUT2D eigenvalue weighted by atomic mass is 10.0. The maximum absolute atomic E-state index is 12.5. The fourth-order valence-electron chi connectivity index (χ4n) is 2.13. The third-order valence-corrected chi connectivity index (χ3v) is 3.44. The van der Waals surface area contributed by atoms with Gasteiger partial charge < -0.3 is 4.74 Å². The number of ether oxygens (including phenoxy) is 1. The summed E-state index contributed by atoms with van der Waals surface area (Å²) in [5.74, 6) is 0.0901. The minimum Gasteiger partial charge on any atom is -0.383 e. The molecule has 0 heterocycles. The zero-order valence-electron chi connectivity index (χ0n) is 12.0. The molecule has 19 heavy (non-hydrogen) atoms. The molecule has 0 radical (unpaired) electrons. The maximum Gasteiger partial charge on any atom is 0.179 e. The van der Waals surface area contributed by atoms with Gasteiger partial charge in [0, 0.05) is 30.3 Å². The van der Waals surface area contributed by atoms with Gasteiger partial charge in [0.05, 0.1) is 12.6 Å². The van der Waals surface area contributed by atoms with Crippen LogP contribution in [0.2, 0.25) is 5.02 Å². The van der Waals surface area contributed by atoms with Crippen LogP contribution in [0, 0.1) is 0 Å². The van der Waals surface area contributed by atoms with Crippen molar-refractivity contribution < 1.29 is 9.53 Å². The van der Waals surface area contributed by atoms with Gasteiger partial charge in [-0.2, -0.15) is 0 Å². The third-order valence-electron chi connectivity index (χ3n) is 3.20. The van der Waals surface area contributed by atoms with Crippen molar-refractivity contribution >= 4 is 17.4 Å². The van der Waals surface area contributed by atoms with E-state index in [1.165, 1.54) is 0 Å². The molecule has 4 heteroatoms. The molecular formula is C15H22ClNO2. The topological polar surface area (TPSA) is 29.5 Å². The zero-order valence-corrected chi connectivity index (χ0v) is 12.8. The molecule has 1 aromatic rings. The molecule has 1 rings (SSSR count). The maximum atomic E-state index is 12.5. The van der Waals surface area contributed by atoms with E-state index >= 15 is 0 Å². The molecule has 0 aliphatic rings. The monoisotopic (exact) mass is 283 g/mol. The molecule has 0 aliphatic heterocycles. The number of nitrogens with zero attached hydrogens (tertiary/aromatic N) is 1.